The largest absolute Gasteiger partial charge is 0.335 e. The van der Waals surface area contributed by atoms with Crippen molar-refractivity contribution < 1.29 is 14.1 Å². The number of carbonyl (C=O) groups is 1. The Morgan fingerprint density at radius 3 is 2.79 bits per heavy atom. The molecule has 0 aliphatic carbocycles. The highest BCUT2D eigenvalue weighted by Crippen LogP contribution is 2.21. The maximum Gasteiger partial charge on any atom is 0.282 e. The number of rotatable bonds is 6. The zero-order chi connectivity index (χ0) is 14.4. The molecule has 0 unspecified atom stereocenters. The Bertz CT molecular complexity index is 503. The highest BCUT2D eigenvalue weighted by Gasteiger charge is 2.24. The predicted molar refractivity (Wildman–Crippen MR) is 69.4 cm³/mol. The average Bonchev–Trinajstić information content (AvgIpc) is 2.37. The molecule has 0 aliphatic rings. The highest BCUT2D eigenvalue weighted by molar-refractivity contribution is 5.98. The summed E-state index contributed by atoms with van der Waals surface area (Å²) in [4.78, 5) is 23.8. The van der Waals surface area contributed by atoms with E-state index in [0.717, 1.165) is 18.2 Å². The lowest BCUT2D eigenvalue weighted by atomic mass is 10.1. The quantitative estimate of drug-likeness (QED) is 0.452. The Labute approximate surface area is 110 Å². The number of amides is 1. The van der Waals surface area contributed by atoms with Gasteiger partial charge in [0, 0.05) is 19.2 Å². The second-order valence-corrected chi connectivity index (χ2v) is 3.96. The van der Waals surface area contributed by atoms with Crippen LogP contribution in [-0.4, -0.2) is 28.8 Å². The first kappa shape index (κ1) is 14.8. The lowest BCUT2D eigenvalue weighted by molar-refractivity contribution is -0.385. The van der Waals surface area contributed by atoms with Crippen LogP contribution in [0.1, 0.15) is 23.7 Å². The van der Waals surface area contributed by atoms with Crippen molar-refractivity contribution in [2.45, 2.75) is 13.3 Å². The van der Waals surface area contributed by atoms with E-state index in [1.807, 2.05) is 6.92 Å². The molecule has 0 bridgehead atoms. The lowest BCUT2D eigenvalue weighted by Gasteiger charge is -2.20. The molecule has 0 atom stereocenters. The topological polar surface area (TPSA) is 63.5 Å². The number of halogens is 1. The molecule has 1 amide bonds. The van der Waals surface area contributed by atoms with E-state index < -0.39 is 22.3 Å². The second kappa shape index (κ2) is 6.63. The average molecular weight is 266 g/mol. The molecule has 19 heavy (non-hydrogen) atoms. The van der Waals surface area contributed by atoms with Crippen LogP contribution in [0.4, 0.5) is 10.1 Å². The first-order valence-electron chi connectivity index (χ1n) is 5.85. The smallest absolute Gasteiger partial charge is 0.282 e. The van der Waals surface area contributed by atoms with E-state index in [2.05, 4.69) is 6.58 Å². The third-order valence-electron chi connectivity index (χ3n) is 2.52. The van der Waals surface area contributed by atoms with Gasteiger partial charge in [-0.1, -0.05) is 13.0 Å². The molecule has 102 valence electrons. The molecule has 5 nitrogen and oxygen atoms in total. The number of nitro benzene ring substituents is 1. The maximum absolute atomic E-state index is 13.2. The minimum absolute atomic E-state index is 0.236. The van der Waals surface area contributed by atoms with Crippen LogP contribution in [0, 0.1) is 15.9 Å². The molecule has 0 fully saturated rings. The van der Waals surface area contributed by atoms with Gasteiger partial charge in [0.15, 0.2) is 0 Å². The molecule has 0 heterocycles. The third kappa shape index (κ3) is 3.61. The first-order valence-corrected chi connectivity index (χ1v) is 5.85. The van der Waals surface area contributed by atoms with Gasteiger partial charge in [-0.25, -0.2) is 4.39 Å². The minimum Gasteiger partial charge on any atom is -0.335 e. The number of hydrogen-bond donors (Lipinski definition) is 0. The number of hydrogen-bond acceptors (Lipinski definition) is 3. The standard InChI is InChI=1S/C13H15FN2O3/c1-3-7-15(8-4-2)13(17)11-9-10(14)5-6-12(11)16(18)19/h3,5-6,9H,1,4,7-8H2,2H3. The number of nitro groups is 1. The van der Waals surface area contributed by atoms with Crippen molar-refractivity contribution in [3.8, 4) is 0 Å². The van der Waals surface area contributed by atoms with E-state index in [1.165, 1.54) is 11.0 Å². The van der Waals surface area contributed by atoms with Crippen LogP contribution in [0.2, 0.25) is 0 Å². The van der Waals surface area contributed by atoms with Gasteiger partial charge in [0.1, 0.15) is 11.4 Å². The van der Waals surface area contributed by atoms with E-state index in [9.17, 15) is 19.3 Å². The van der Waals surface area contributed by atoms with Crippen molar-refractivity contribution in [2.75, 3.05) is 13.1 Å². The highest BCUT2D eigenvalue weighted by atomic mass is 19.1. The van der Waals surface area contributed by atoms with Crippen LogP contribution < -0.4 is 0 Å². The second-order valence-electron chi connectivity index (χ2n) is 3.96. The van der Waals surface area contributed by atoms with E-state index in [4.69, 9.17) is 0 Å². The molecule has 1 rings (SSSR count). The predicted octanol–water partition coefficient (Wildman–Crippen LogP) is 2.77. The molecule has 0 saturated heterocycles. The SMILES string of the molecule is C=CCN(CCC)C(=O)c1cc(F)ccc1[N+](=O)[O-]. The fraction of sp³-hybridized carbons (Fsp3) is 0.308. The first-order chi connectivity index (χ1) is 9.01. The van der Waals surface area contributed by atoms with Crippen LogP contribution in [0.3, 0.4) is 0 Å². The summed E-state index contributed by atoms with van der Waals surface area (Å²) in [6.07, 6.45) is 2.22. The monoisotopic (exact) mass is 266 g/mol. The molecule has 0 aromatic heterocycles. The van der Waals surface area contributed by atoms with E-state index >= 15 is 0 Å². The zero-order valence-corrected chi connectivity index (χ0v) is 10.6. The molecule has 6 heteroatoms. The van der Waals surface area contributed by atoms with Crippen LogP contribution in [0.25, 0.3) is 0 Å². The minimum atomic E-state index is -0.690. The molecular weight excluding hydrogens is 251 g/mol. The summed E-state index contributed by atoms with van der Waals surface area (Å²) >= 11 is 0. The summed E-state index contributed by atoms with van der Waals surface area (Å²) in [5, 5.41) is 10.9. The fourth-order valence-corrected chi connectivity index (χ4v) is 1.71. The Kier molecular flexibility index (Phi) is 5.17. The van der Waals surface area contributed by atoms with Crippen molar-refractivity contribution in [2.24, 2.45) is 0 Å². The zero-order valence-electron chi connectivity index (χ0n) is 10.6. The summed E-state index contributed by atoms with van der Waals surface area (Å²) in [7, 11) is 0. The van der Waals surface area contributed by atoms with Crippen molar-refractivity contribution in [3.63, 3.8) is 0 Å². The summed E-state index contributed by atoms with van der Waals surface area (Å²) in [5.41, 5.74) is -0.628. The number of carbonyl (C=O) groups excluding carboxylic acids is 1. The molecule has 0 spiro atoms. The Hall–Kier alpha value is -2.24. The van der Waals surface area contributed by atoms with E-state index in [1.54, 1.807) is 0 Å². The van der Waals surface area contributed by atoms with Gasteiger partial charge in [0.25, 0.3) is 11.6 Å². The maximum atomic E-state index is 13.2. The molecule has 0 N–H and O–H groups in total. The molecule has 0 saturated carbocycles. The number of nitrogens with zero attached hydrogens (tertiary/aromatic N) is 2. The third-order valence-corrected chi connectivity index (χ3v) is 2.52. The van der Waals surface area contributed by atoms with Crippen molar-refractivity contribution >= 4 is 11.6 Å². The van der Waals surface area contributed by atoms with Crippen LogP contribution in [-0.2, 0) is 0 Å². The van der Waals surface area contributed by atoms with Crippen LogP contribution in [0.5, 0.6) is 0 Å². The Morgan fingerprint density at radius 1 is 1.58 bits per heavy atom. The van der Waals surface area contributed by atoms with Crippen molar-refractivity contribution in [1.82, 2.24) is 4.90 Å². The van der Waals surface area contributed by atoms with Crippen LogP contribution in [0.15, 0.2) is 30.9 Å². The van der Waals surface area contributed by atoms with Gasteiger partial charge in [-0.15, -0.1) is 6.58 Å². The van der Waals surface area contributed by atoms with Gasteiger partial charge in [-0.3, -0.25) is 14.9 Å². The molecular formula is C13H15FN2O3. The molecule has 0 aliphatic heterocycles. The van der Waals surface area contributed by atoms with Crippen molar-refractivity contribution in [1.29, 1.82) is 0 Å². The Balaban J connectivity index is 3.18. The van der Waals surface area contributed by atoms with Gasteiger partial charge in [-0.05, 0) is 18.6 Å². The summed E-state index contributed by atoms with van der Waals surface area (Å²) in [6.45, 7) is 6.10. The molecule has 0 radical (unpaired) electrons. The fourth-order valence-electron chi connectivity index (χ4n) is 1.71. The summed E-state index contributed by atoms with van der Waals surface area (Å²) < 4.78 is 13.2. The van der Waals surface area contributed by atoms with Crippen molar-refractivity contribution in [3.05, 3.63) is 52.3 Å². The van der Waals surface area contributed by atoms with Gasteiger partial charge >= 0.3 is 0 Å². The summed E-state index contributed by atoms with van der Waals surface area (Å²) in [6, 6.07) is 2.86. The van der Waals surface area contributed by atoms with E-state index in [-0.39, 0.29) is 12.1 Å². The van der Waals surface area contributed by atoms with E-state index in [0.29, 0.717) is 13.0 Å². The molecule has 1 aromatic rings. The van der Waals surface area contributed by atoms with Gasteiger partial charge in [-0.2, -0.15) is 0 Å². The normalized spacial score (nSPS) is 10.0. The Morgan fingerprint density at radius 2 is 2.26 bits per heavy atom. The lowest BCUT2D eigenvalue weighted by Crippen LogP contribution is -2.32. The van der Waals surface area contributed by atoms with Crippen LogP contribution >= 0.6 is 0 Å². The summed E-state index contributed by atoms with van der Waals surface area (Å²) in [5.74, 6) is -1.24. The van der Waals surface area contributed by atoms with Gasteiger partial charge in [0.05, 0.1) is 4.92 Å². The number of benzene rings is 1. The van der Waals surface area contributed by atoms with Gasteiger partial charge in [0.2, 0.25) is 0 Å². The molecule has 1 aromatic carbocycles. The van der Waals surface area contributed by atoms with Gasteiger partial charge < -0.3 is 4.90 Å².